The van der Waals surface area contributed by atoms with Gasteiger partial charge in [-0.2, -0.15) is 5.10 Å². The van der Waals surface area contributed by atoms with Crippen LogP contribution in [0.2, 0.25) is 0 Å². The van der Waals surface area contributed by atoms with Crippen molar-refractivity contribution in [2.24, 2.45) is 7.05 Å². The number of hydrogen-bond acceptors (Lipinski definition) is 5. The maximum absolute atomic E-state index is 10.2. The largest absolute Gasteiger partial charge is 0.387 e. The van der Waals surface area contributed by atoms with Crippen molar-refractivity contribution in [1.82, 2.24) is 14.8 Å². The van der Waals surface area contributed by atoms with Gasteiger partial charge in [0.15, 0.2) is 0 Å². The number of nitrogens with zero attached hydrogens (tertiary/aromatic N) is 3. The van der Waals surface area contributed by atoms with E-state index in [-0.39, 0.29) is 0 Å². The van der Waals surface area contributed by atoms with Crippen molar-refractivity contribution in [3.63, 3.8) is 0 Å². The second-order valence-corrected chi connectivity index (χ2v) is 5.88. The van der Waals surface area contributed by atoms with E-state index >= 15 is 0 Å². The van der Waals surface area contributed by atoms with Crippen molar-refractivity contribution in [3.05, 3.63) is 34.5 Å². The third kappa shape index (κ3) is 1.99. The summed E-state index contributed by atoms with van der Waals surface area (Å²) in [5, 5.41) is 16.2. The zero-order valence-electron chi connectivity index (χ0n) is 9.20. The van der Waals surface area contributed by atoms with Crippen molar-refractivity contribution in [2.45, 2.75) is 12.5 Å². The third-order valence-corrected chi connectivity index (χ3v) is 4.86. The van der Waals surface area contributed by atoms with Crippen LogP contribution in [-0.2, 0) is 13.5 Å². The molecule has 17 heavy (non-hydrogen) atoms. The molecule has 0 radical (unpaired) electrons. The van der Waals surface area contributed by atoms with Gasteiger partial charge in [-0.05, 0) is 17.5 Å². The molecule has 0 aromatic carbocycles. The predicted octanol–water partition coefficient (Wildman–Crippen LogP) is 2.37. The second-order valence-electron chi connectivity index (χ2n) is 3.82. The SMILES string of the molecule is Cn1ncnc1CC(O)c1cc2sccc2s1. The molecular weight excluding hydrogens is 254 g/mol. The molecule has 0 fully saturated rings. The fraction of sp³-hybridized carbons (Fsp3) is 0.273. The van der Waals surface area contributed by atoms with Crippen molar-refractivity contribution >= 4 is 32.1 Å². The van der Waals surface area contributed by atoms with E-state index in [1.807, 2.05) is 7.05 Å². The zero-order chi connectivity index (χ0) is 11.8. The number of fused-ring (bicyclic) bond motifs is 1. The number of aliphatic hydroxyl groups is 1. The van der Waals surface area contributed by atoms with Crippen LogP contribution in [0.1, 0.15) is 16.8 Å². The molecule has 3 aromatic heterocycles. The third-order valence-electron chi connectivity index (χ3n) is 2.67. The Labute approximate surface area is 106 Å². The molecule has 0 aliphatic carbocycles. The van der Waals surface area contributed by atoms with Gasteiger partial charge < -0.3 is 5.11 Å². The molecule has 4 nitrogen and oxygen atoms in total. The van der Waals surface area contributed by atoms with Crippen molar-refractivity contribution in [2.75, 3.05) is 0 Å². The number of rotatable bonds is 3. The van der Waals surface area contributed by atoms with E-state index in [2.05, 4.69) is 27.6 Å². The average Bonchev–Trinajstić information content (AvgIpc) is 2.93. The van der Waals surface area contributed by atoms with Gasteiger partial charge in [-0.15, -0.1) is 22.7 Å². The monoisotopic (exact) mass is 265 g/mol. The maximum atomic E-state index is 10.2. The first-order valence-electron chi connectivity index (χ1n) is 5.22. The summed E-state index contributed by atoms with van der Waals surface area (Å²) in [6, 6.07) is 4.15. The van der Waals surface area contributed by atoms with Crippen LogP contribution >= 0.6 is 22.7 Å². The van der Waals surface area contributed by atoms with E-state index in [4.69, 9.17) is 0 Å². The van der Waals surface area contributed by atoms with E-state index in [9.17, 15) is 5.11 Å². The predicted molar refractivity (Wildman–Crippen MR) is 69.4 cm³/mol. The molecule has 1 unspecified atom stereocenters. The first-order valence-corrected chi connectivity index (χ1v) is 6.91. The fourth-order valence-corrected chi connectivity index (χ4v) is 3.83. The minimum absolute atomic E-state index is 0.498. The van der Waals surface area contributed by atoms with Crippen LogP contribution < -0.4 is 0 Å². The number of hydrogen-bond donors (Lipinski definition) is 1. The Morgan fingerprint density at radius 3 is 3.06 bits per heavy atom. The molecule has 0 aliphatic rings. The summed E-state index contributed by atoms with van der Waals surface area (Å²) < 4.78 is 4.17. The zero-order valence-corrected chi connectivity index (χ0v) is 10.8. The molecule has 0 spiro atoms. The molecule has 88 valence electrons. The quantitative estimate of drug-likeness (QED) is 0.791. The summed E-state index contributed by atoms with van der Waals surface area (Å²) in [5.41, 5.74) is 0. The smallest absolute Gasteiger partial charge is 0.138 e. The first kappa shape index (κ1) is 10.9. The maximum Gasteiger partial charge on any atom is 0.138 e. The Morgan fingerprint density at radius 1 is 1.47 bits per heavy atom. The Balaban J connectivity index is 1.84. The lowest BCUT2D eigenvalue weighted by Crippen LogP contribution is -2.06. The summed E-state index contributed by atoms with van der Waals surface area (Å²) in [7, 11) is 1.84. The number of thiophene rings is 2. The van der Waals surface area contributed by atoms with Gasteiger partial charge in [0.2, 0.25) is 0 Å². The van der Waals surface area contributed by atoms with Crippen molar-refractivity contribution in [1.29, 1.82) is 0 Å². The number of aromatic nitrogens is 3. The van der Waals surface area contributed by atoms with Gasteiger partial charge in [-0.3, -0.25) is 4.68 Å². The highest BCUT2D eigenvalue weighted by molar-refractivity contribution is 7.26. The summed E-state index contributed by atoms with van der Waals surface area (Å²) >= 11 is 3.35. The van der Waals surface area contributed by atoms with Crippen LogP contribution in [0.3, 0.4) is 0 Å². The summed E-state index contributed by atoms with van der Waals surface area (Å²) in [5.74, 6) is 0.800. The Hall–Kier alpha value is -1.24. The molecule has 3 aromatic rings. The van der Waals surface area contributed by atoms with Gasteiger partial charge in [-0.1, -0.05) is 0 Å². The van der Waals surface area contributed by atoms with Gasteiger partial charge in [0.25, 0.3) is 0 Å². The lowest BCUT2D eigenvalue weighted by molar-refractivity contribution is 0.178. The van der Waals surface area contributed by atoms with Crippen LogP contribution in [-0.4, -0.2) is 19.9 Å². The Morgan fingerprint density at radius 2 is 2.35 bits per heavy atom. The van der Waals surface area contributed by atoms with Crippen LogP contribution in [0.25, 0.3) is 9.40 Å². The minimum Gasteiger partial charge on any atom is -0.387 e. The van der Waals surface area contributed by atoms with Crippen LogP contribution in [0, 0.1) is 0 Å². The second kappa shape index (κ2) is 4.21. The summed E-state index contributed by atoms with van der Waals surface area (Å²) in [6.07, 6.45) is 1.52. The summed E-state index contributed by atoms with van der Waals surface area (Å²) in [6.45, 7) is 0. The van der Waals surface area contributed by atoms with Crippen molar-refractivity contribution < 1.29 is 5.11 Å². The van der Waals surface area contributed by atoms with E-state index in [0.29, 0.717) is 6.42 Å². The number of aliphatic hydroxyl groups excluding tert-OH is 1. The van der Waals surface area contributed by atoms with E-state index in [1.165, 1.54) is 15.7 Å². The molecule has 0 amide bonds. The summed E-state index contributed by atoms with van der Waals surface area (Å²) in [4.78, 5) is 5.12. The van der Waals surface area contributed by atoms with E-state index in [1.54, 1.807) is 27.4 Å². The highest BCUT2D eigenvalue weighted by Gasteiger charge is 2.15. The van der Waals surface area contributed by atoms with Gasteiger partial charge >= 0.3 is 0 Å². The topological polar surface area (TPSA) is 50.9 Å². The lowest BCUT2D eigenvalue weighted by atomic mass is 10.2. The van der Waals surface area contributed by atoms with Gasteiger partial charge in [0.1, 0.15) is 12.2 Å². The average molecular weight is 265 g/mol. The standard InChI is InChI=1S/C11H11N3OS2/c1-14-11(12-6-13-14)4-7(15)9-5-10-8(17-9)2-3-16-10/h2-3,5-7,15H,4H2,1H3. The normalized spacial score (nSPS) is 13.3. The lowest BCUT2D eigenvalue weighted by Gasteiger charge is -2.06. The molecule has 3 heterocycles. The Kier molecular flexibility index (Phi) is 2.70. The van der Waals surface area contributed by atoms with Crippen LogP contribution in [0.4, 0.5) is 0 Å². The molecule has 0 saturated heterocycles. The van der Waals surface area contributed by atoms with Gasteiger partial charge in [0, 0.05) is 27.7 Å². The van der Waals surface area contributed by atoms with E-state index < -0.39 is 6.10 Å². The molecule has 0 bridgehead atoms. The van der Waals surface area contributed by atoms with Gasteiger partial charge in [0.05, 0.1) is 6.10 Å². The molecule has 6 heteroatoms. The first-order chi connectivity index (χ1) is 8.24. The molecular formula is C11H11N3OS2. The van der Waals surface area contributed by atoms with Crippen molar-refractivity contribution in [3.8, 4) is 0 Å². The van der Waals surface area contributed by atoms with Gasteiger partial charge in [-0.25, -0.2) is 4.98 Å². The molecule has 1 N–H and O–H groups in total. The molecule has 0 aliphatic heterocycles. The molecule has 0 saturated carbocycles. The minimum atomic E-state index is -0.498. The fourth-order valence-electron chi connectivity index (χ4n) is 1.73. The molecule has 1 atom stereocenters. The number of aryl methyl sites for hydroxylation is 1. The Bertz CT molecular complexity index is 611. The molecule has 3 rings (SSSR count). The highest BCUT2D eigenvalue weighted by atomic mass is 32.1. The highest BCUT2D eigenvalue weighted by Crippen LogP contribution is 2.34. The van der Waals surface area contributed by atoms with Crippen LogP contribution in [0.15, 0.2) is 23.8 Å². The van der Waals surface area contributed by atoms with E-state index in [0.717, 1.165) is 10.7 Å². The van der Waals surface area contributed by atoms with Crippen LogP contribution in [0.5, 0.6) is 0 Å².